The van der Waals surface area contributed by atoms with Crippen molar-refractivity contribution in [2.24, 2.45) is 0 Å². The lowest BCUT2D eigenvalue weighted by Crippen LogP contribution is -2.12. The number of aromatic nitrogens is 1. The monoisotopic (exact) mass is 444 g/mol. The zero-order chi connectivity index (χ0) is 19.2. The number of halogens is 1. The first-order chi connectivity index (χ1) is 13.0. The van der Waals surface area contributed by atoms with E-state index in [2.05, 4.69) is 26.2 Å². The summed E-state index contributed by atoms with van der Waals surface area (Å²) in [6, 6.07) is 18.0. The van der Waals surface area contributed by atoms with Crippen LogP contribution in [0.3, 0.4) is 0 Å². The number of hydrogen-bond donors (Lipinski definition) is 1. The van der Waals surface area contributed by atoms with Crippen LogP contribution in [0.2, 0.25) is 0 Å². The molecule has 27 heavy (non-hydrogen) atoms. The number of anilines is 1. The molecule has 0 radical (unpaired) electrons. The van der Waals surface area contributed by atoms with Gasteiger partial charge in [-0.1, -0.05) is 34.1 Å². The van der Waals surface area contributed by atoms with Crippen LogP contribution in [0.5, 0.6) is 11.6 Å². The van der Waals surface area contributed by atoms with Gasteiger partial charge < -0.3 is 10.1 Å². The van der Waals surface area contributed by atoms with E-state index >= 15 is 0 Å². The van der Waals surface area contributed by atoms with Gasteiger partial charge >= 0.3 is 0 Å². The van der Waals surface area contributed by atoms with Gasteiger partial charge in [0.2, 0.25) is 5.88 Å². The van der Waals surface area contributed by atoms with Crippen LogP contribution in [-0.4, -0.2) is 21.4 Å². The molecular weight excluding hydrogens is 428 g/mol. The zero-order valence-corrected chi connectivity index (χ0v) is 16.9. The molecule has 138 valence electrons. The van der Waals surface area contributed by atoms with E-state index in [4.69, 9.17) is 4.74 Å². The first-order valence-electron chi connectivity index (χ1n) is 8.09. The molecule has 0 bridgehead atoms. The number of hydrogen-bond acceptors (Lipinski definition) is 4. The SMILES string of the molecule is CS(=O)Cc1cccc(C(=O)Nc2ccc(Oc3cccc(Br)c3)nc2)c1. The molecule has 3 rings (SSSR count). The molecule has 1 amide bonds. The van der Waals surface area contributed by atoms with Crippen LogP contribution in [0.4, 0.5) is 5.69 Å². The van der Waals surface area contributed by atoms with E-state index in [1.165, 1.54) is 6.20 Å². The van der Waals surface area contributed by atoms with E-state index in [1.54, 1.807) is 36.6 Å². The van der Waals surface area contributed by atoms with Gasteiger partial charge in [0.1, 0.15) is 5.75 Å². The Hall–Kier alpha value is -2.51. The molecule has 5 nitrogen and oxygen atoms in total. The second-order valence-electron chi connectivity index (χ2n) is 5.82. The van der Waals surface area contributed by atoms with Gasteiger partial charge in [0.05, 0.1) is 11.9 Å². The summed E-state index contributed by atoms with van der Waals surface area (Å²) in [5, 5.41) is 2.80. The van der Waals surface area contributed by atoms with Crippen molar-refractivity contribution in [1.29, 1.82) is 0 Å². The van der Waals surface area contributed by atoms with E-state index in [-0.39, 0.29) is 5.91 Å². The number of nitrogens with zero attached hydrogens (tertiary/aromatic N) is 1. The molecule has 0 saturated carbocycles. The predicted molar refractivity (Wildman–Crippen MR) is 111 cm³/mol. The lowest BCUT2D eigenvalue weighted by molar-refractivity contribution is 0.102. The Kier molecular flexibility index (Phi) is 6.36. The van der Waals surface area contributed by atoms with Crippen LogP contribution in [0, 0.1) is 0 Å². The quantitative estimate of drug-likeness (QED) is 0.594. The maximum Gasteiger partial charge on any atom is 0.255 e. The normalized spacial score (nSPS) is 11.6. The summed E-state index contributed by atoms with van der Waals surface area (Å²) >= 11 is 3.39. The van der Waals surface area contributed by atoms with Crippen molar-refractivity contribution in [3.05, 3.63) is 82.5 Å². The summed E-state index contributed by atoms with van der Waals surface area (Å²) < 4.78 is 17.9. The fourth-order valence-electron chi connectivity index (χ4n) is 2.41. The first kappa shape index (κ1) is 19.3. The Balaban J connectivity index is 1.65. The molecule has 0 aliphatic rings. The van der Waals surface area contributed by atoms with Crippen molar-refractivity contribution in [2.75, 3.05) is 11.6 Å². The van der Waals surface area contributed by atoms with Crippen molar-refractivity contribution in [3.63, 3.8) is 0 Å². The Morgan fingerprint density at radius 3 is 2.67 bits per heavy atom. The van der Waals surface area contributed by atoms with Crippen LogP contribution in [-0.2, 0) is 16.6 Å². The number of ether oxygens (including phenoxy) is 1. The molecule has 1 heterocycles. The minimum atomic E-state index is -0.956. The van der Waals surface area contributed by atoms with Crippen molar-refractivity contribution < 1.29 is 13.7 Å². The minimum absolute atomic E-state index is 0.249. The summed E-state index contributed by atoms with van der Waals surface area (Å²) in [4.78, 5) is 16.6. The lowest BCUT2D eigenvalue weighted by Gasteiger charge is -2.08. The Morgan fingerprint density at radius 2 is 1.96 bits per heavy atom. The van der Waals surface area contributed by atoms with E-state index in [9.17, 15) is 9.00 Å². The summed E-state index contributed by atoms with van der Waals surface area (Å²) in [5.41, 5.74) is 1.93. The summed E-state index contributed by atoms with van der Waals surface area (Å²) in [5.74, 6) is 1.27. The van der Waals surface area contributed by atoms with Crippen LogP contribution in [0.25, 0.3) is 0 Å². The molecule has 0 spiro atoms. The minimum Gasteiger partial charge on any atom is -0.439 e. The number of carbonyl (C=O) groups is 1. The van der Waals surface area contributed by atoms with Crippen LogP contribution in [0.15, 0.2) is 71.3 Å². The van der Waals surface area contributed by atoms with Gasteiger partial charge in [-0.2, -0.15) is 0 Å². The summed E-state index contributed by atoms with van der Waals surface area (Å²) in [6.45, 7) is 0. The lowest BCUT2D eigenvalue weighted by atomic mass is 10.1. The molecular formula is C20H17BrN2O3S. The second kappa shape index (κ2) is 8.92. The van der Waals surface area contributed by atoms with Crippen molar-refractivity contribution in [2.45, 2.75) is 5.75 Å². The largest absolute Gasteiger partial charge is 0.439 e. The number of benzene rings is 2. The molecule has 2 aromatic carbocycles. The third kappa shape index (κ3) is 5.74. The number of amides is 1. The smallest absolute Gasteiger partial charge is 0.255 e. The maximum absolute atomic E-state index is 12.4. The number of rotatable bonds is 6. The number of pyridine rings is 1. The van der Waals surface area contributed by atoms with Crippen LogP contribution >= 0.6 is 15.9 Å². The van der Waals surface area contributed by atoms with E-state index in [1.807, 2.05) is 30.3 Å². The average Bonchev–Trinajstić information content (AvgIpc) is 2.63. The topological polar surface area (TPSA) is 68.3 Å². The highest BCUT2D eigenvalue weighted by molar-refractivity contribution is 9.10. The van der Waals surface area contributed by atoms with Crippen LogP contribution < -0.4 is 10.1 Å². The van der Waals surface area contributed by atoms with E-state index in [0.717, 1.165) is 10.0 Å². The molecule has 1 N–H and O–H groups in total. The highest BCUT2D eigenvalue weighted by Gasteiger charge is 2.08. The Bertz CT molecular complexity index is 977. The highest BCUT2D eigenvalue weighted by Crippen LogP contribution is 2.23. The molecule has 0 aliphatic carbocycles. The standard InChI is InChI=1S/C20H17BrN2O3S/c1-27(25)13-14-4-2-5-15(10-14)20(24)23-17-8-9-19(22-12-17)26-18-7-3-6-16(21)11-18/h2-12H,13H2,1H3,(H,23,24). The number of carbonyl (C=O) groups excluding carboxylic acids is 1. The second-order valence-corrected chi connectivity index (χ2v) is 8.17. The zero-order valence-electron chi connectivity index (χ0n) is 14.5. The van der Waals surface area contributed by atoms with E-state index in [0.29, 0.717) is 28.6 Å². The Labute approximate surface area is 168 Å². The fourth-order valence-corrected chi connectivity index (χ4v) is 3.43. The fraction of sp³-hybridized carbons (Fsp3) is 0.100. The maximum atomic E-state index is 12.4. The average molecular weight is 445 g/mol. The molecule has 1 atom stereocenters. The third-order valence-corrected chi connectivity index (χ3v) is 4.80. The van der Waals surface area contributed by atoms with Crippen molar-refractivity contribution in [1.82, 2.24) is 4.98 Å². The molecule has 0 fully saturated rings. The van der Waals surface area contributed by atoms with Gasteiger partial charge in [0.15, 0.2) is 0 Å². The van der Waals surface area contributed by atoms with Crippen molar-refractivity contribution in [3.8, 4) is 11.6 Å². The third-order valence-electron chi connectivity index (χ3n) is 3.57. The summed E-state index contributed by atoms with van der Waals surface area (Å²) in [7, 11) is -0.956. The molecule has 0 aliphatic heterocycles. The summed E-state index contributed by atoms with van der Waals surface area (Å²) in [6.07, 6.45) is 3.17. The van der Waals surface area contributed by atoms with Gasteiger partial charge in [-0.05, 0) is 42.0 Å². The van der Waals surface area contributed by atoms with Gasteiger partial charge in [-0.3, -0.25) is 9.00 Å². The van der Waals surface area contributed by atoms with Gasteiger partial charge in [0.25, 0.3) is 5.91 Å². The predicted octanol–water partition coefficient (Wildman–Crippen LogP) is 4.77. The molecule has 0 saturated heterocycles. The van der Waals surface area contributed by atoms with Crippen molar-refractivity contribution >= 4 is 38.3 Å². The molecule has 7 heteroatoms. The van der Waals surface area contributed by atoms with Gasteiger partial charge in [-0.25, -0.2) is 4.98 Å². The molecule has 1 aromatic heterocycles. The number of nitrogens with one attached hydrogen (secondary N) is 1. The van der Waals surface area contributed by atoms with E-state index < -0.39 is 10.8 Å². The van der Waals surface area contributed by atoms with Gasteiger partial charge in [0, 0.05) is 38.9 Å². The Morgan fingerprint density at radius 1 is 1.15 bits per heavy atom. The molecule has 3 aromatic rings. The first-order valence-corrected chi connectivity index (χ1v) is 10.6. The van der Waals surface area contributed by atoms with Crippen LogP contribution in [0.1, 0.15) is 15.9 Å². The molecule has 1 unspecified atom stereocenters. The highest BCUT2D eigenvalue weighted by atomic mass is 79.9. The van der Waals surface area contributed by atoms with Gasteiger partial charge in [-0.15, -0.1) is 0 Å².